The first-order valence-corrected chi connectivity index (χ1v) is 5.85. The summed E-state index contributed by atoms with van der Waals surface area (Å²) in [6.07, 6.45) is 7.40. The van der Waals surface area contributed by atoms with Gasteiger partial charge in [0.15, 0.2) is 5.69 Å². The molecule has 1 saturated carbocycles. The Kier molecular flexibility index (Phi) is 3.22. The third-order valence-corrected chi connectivity index (χ3v) is 3.44. The number of hydrogen-bond acceptors (Lipinski definition) is 3. The quantitative estimate of drug-likeness (QED) is 0.852. The lowest BCUT2D eigenvalue weighted by molar-refractivity contribution is 0.0690. The van der Waals surface area contributed by atoms with Crippen LogP contribution in [0.4, 0.5) is 0 Å². The smallest absolute Gasteiger partial charge is 0.358 e. The van der Waals surface area contributed by atoms with Gasteiger partial charge in [-0.15, -0.1) is 5.10 Å². The van der Waals surface area contributed by atoms with Gasteiger partial charge in [-0.2, -0.15) is 0 Å². The van der Waals surface area contributed by atoms with Gasteiger partial charge < -0.3 is 5.11 Å². The zero-order valence-corrected chi connectivity index (χ0v) is 9.46. The SMILES string of the molecule is CCC1CCCC(n2cc(C(=O)O)nn2)C1. The van der Waals surface area contributed by atoms with Crippen LogP contribution in [-0.4, -0.2) is 26.1 Å². The molecule has 2 atom stereocenters. The van der Waals surface area contributed by atoms with Crippen molar-refractivity contribution in [1.29, 1.82) is 0 Å². The summed E-state index contributed by atoms with van der Waals surface area (Å²) in [6, 6.07) is 0.333. The van der Waals surface area contributed by atoms with Gasteiger partial charge in [0.2, 0.25) is 0 Å². The highest BCUT2D eigenvalue weighted by atomic mass is 16.4. The Morgan fingerprint density at radius 2 is 2.44 bits per heavy atom. The van der Waals surface area contributed by atoms with Crippen molar-refractivity contribution in [2.75, 3.05) is 0 Å². The van der Waals surface area contributed by atoms with Gasteiger partial charge in [-0.25, -0.2) is 9.48 Å². The summed E-state index contributed by atoms with van der Waals surface area (Å²) >= 11 is 0. The molecule has 1 aromatic rings. The second-order valence-electron chi connectivity index (χ2n) is 4.48. The fraction of sp³-hybridized carbons (Fsp3) is 0.727. The molecule has 0 spiro atoms. The van der Waals surface area contributed by atoms with Crippen LogP contribution in [0.15, 0.2) is 6.20 Å². The summed E-state index contributed by atoms with van der Waals surface area (Å²) in [5.74, 6) is -0.259. The van der Waals surface area contributed by atoms with E-state index < -0.39 is 5.97 Å². The van der Waals surface area contributed by atoms with Crippen molar-refractivity contribution in [3.8, 4) is 0 Å². The third kappa shape index (κ3) is 2.23. The highest BCUT2D eigenvalue weighted by Gasteiger charge is 2.23. The lowest BCUT2D eigenvalue weighted by Crippen LogP contribution is -2.19. The van der Waals surface area contributed by atoms with E-state index in [1.54, 1.807) is 10.9 Å². The van der Waals surface area contributed by atoms with E-state index in [0.717, 1.165) is 18.8 Å². The fourth-order valence-electron chi connectivity index (χ4n) is 2.43. The summed E-state index contributed by atoms with van der Waals surface area (Å²) in [5, 5.41) is 16.3. The standard InChI is InChI=1S/C11H17N3O2/c1-2-8-4-3-5-9(6-8)14-7-10(11(15)16)12-13-14/h7-9H,2-6H2,1H3,(H,15,16). The van der Waals surface area contributed by atoms with Gasteiger partial charge in [0.25, 0.3) is 0 Å². The van der Waals surface area contributed by atoms with Crippen molar-refractivity contribution < 1.29 is 9.90 Å². The number of rotatable bonds is 3. The van der Waals surface area contributed by atoms with Crippen LogP contribution in [0.1, 0.15) is 55.6 Å². The van der Waals surface area contributed by atoms with Crippen LogP contribution in [-0.2, 0) is 0 Å². The lowest BCUT2D eigenvalue weighted by Gasteiger charge is -2.28. The van der Waals surface area contributed by atoms with E-state index in [4.69, 9.17) is 5.11 Å². The first-order chi connectivity index (χ1) is 7.70. The Morgan fingerprint density at radius 1 is 1.62 bits per heavy atom. The molecule has 1 aromatic heterocycles. The molecule has 1 aliphatic carbocycles. The maximum atomic E-state index is 10.7. The molecular weight excluding hydrogens is 206 g/mol. The minimum atomic E-state index is -1.01. The maximum Gasteiger partial charge on any atom is 0.358 e. The molecule has 1 heterocycles. The minimum Gasteiger partial charge on any atom is -0.476 e. The number of carboxylic acid groups (broad SMARTS) is 1. The molecule has 5 heteroatoms. The normalized spacial score (nSPS) is 25.6. The van der Waals surface area contributed by atoms with Gasteiger partial charge in [-0.1, -0.05) is 31.4 Å². The van der Waals surface area contributed by atoms with Crippen LogP contribution in [0.2, 0.25) is 0 Å². The largest absolute Gasteiger partial charge is 0.476 e. The number of carbonyl (C=O) groups is 1. The topological polar surface area (TPSA) is 68.0 Å². The summed E-state index contributed by atoms with van der Waals surface area (Å²) in [6.45, 7) is 2.21. The molecule has 5 nitrogen and oxygen atoms in total. The predicted molar refractivity (Wildman–Crippen MR) is 58.3 cm³/mol. The van der Waals surface area contributed by atoms with Gasteiger partial charge >= 0.3 is 5.97 Å². The number of nitrogens with zero attached hydrogens (tertiary/aromatic N) is 3. The van der Waals surface area contributed by atoms with Gasteiger partial charge in [0.1, 0.15) is 0 Å². The van der Waals surface area contributed by atoms with Crippen LogP contribution in [0, 0.1) is 5.92 Å². The molecule has 2 rings (SSSR count). The Bertz CT molecular complexity index is 375. The number of aromatic nitrogens is 3. The van der Waals surface area contributed by atoms with Crippen LogP contribution >= 0.6 is 0 Å². The molecular formula is C11H17N3O2. The zero-order valence-electron chi connectivity index (χ0n) is 9.46. The van der Waals surface area contributed by atoms with Crippen molar-refractivity contribution in [1.82, 2.24) is 15.0 Å². The number of aromatic carboxylic acids is 1. The van der Waals surface area contributed by atoms with Crippen LogP contribution < -0.4 is 0 Å². The Morgan fingerprint density at radius 3 is 3.06 bits per heavy atom. The van der Waals surface area contributed by atoms with Crippen LogP contribution in [0.25, 0.3) is 0 Å². The van der Waals surface area contributed by atoms with E-state index in [2.05, 4.69) is 17.2 Å². The molecule has 0 aliphatic heterocycles. The van der Waals surface area contributed by atoms with Gasteiger partial charge in [-0.3, -0.25) is 0 Å². The summed E-state index contributed by atoms with van der Waals surface area (Å²) in [4.78, 5) is 10.7. The molecule has 0 saturated heterocycles. The highest BCUT2D eigenvalue weighted by Crippen LogP contribution is 2.33. The van der Waals surface area contributed by atoms with Crippen molar-refractivity contribution in [2.24, 2.45) is 5.92 Å². The van der Waals surface area contributed by atoms with E-state index >= 15 is 0 Å². The van der Waals surface area contributed by atoms with E-state index in [1.165, 1.54) is 19.3 Å². The second-order valence-corrected chi connectivity index (χ2v) is 4.48. The van der Waals surface area contributed by atoms with E-state index in [1.807, 2.05) is 0 Å². The average molecular weight is 223 g/mol. The first-order valence-electron chi connectivity index (χ1n) is 5.85. The van der Waals surface area contributed by atoms with Crippen LogP contribution in [0.3, 0.4) is 0 Å². The third-order valence-electron chi connectivity index (χ3n) is 3.44. The maximum absolute atomic E-state index is 10.7. The molecule has 0 amide bonds. The lowest BCUT2D eigenvalue weighted by atomic mass is 9.84. The van der Waals surface area contributed by atoms with Crippen molar-refractivity contribution in [2.45, 2.75) is 45.1 Å². The Labute approximate surface area is 94.5 Å². The average Bonchev–Trinajstić information content (AvgIpc) is 2.78. The second kappa shape index (κ2) is 4.63. The molecule has 2 unspecified atom stereocenters. The molecule has 0 aromatic carbocycles. The highest BCUT2D eigenvalue weighted by molar-refractivity contribution is 5.84. The molecule has 88 valence electrons. The molecule has 1 fully saturated rings. The summed E-state index contributed by atoms with van der Waals surface area (Å²) in [7, 11) is 0. The van der Waals surface area contributed by atoms with E-state index in [9.17, 15) is 4.79 Å². The Balaban J connectivity index is 2.08. The van der Waals surface area contributed by atoms with Gasteiger partial charge in [0.05, 0.1) is 12.2 Å². The van der Waals surface area contributed by atoms with Gasteiger partial charge in [0, 0.05) is 0 Å². The van der Waals surface area contributed by atoms with Crippen LogP contribution in [0.5, 0.6) is 0 Å². The first kappa shape index (κ1) is 11.1. The molecule has 1 N–H and O–H groups in total. The fourth-order valence-corrected chi connectivity index (χ4v) is 2.43. The monoisotopic (exact) mass is 223 g/mol. The van der Waals surface area contributed by atoms with E-state index in [-0.39, 0.29) is 5.69 Å². The van der Waals surface area contributed by atoms with Crippen molar-refractivity contribution in [3.05, 3.63) is 11.9 Å². The van der Waals surface area contributed by atoms with E-state index in [0.29, 0.717) is 6.04 Å². The summed E-state index contributed by atoms with van der Waals surface area (Å²) < 4.78 is 1.73. The molecule has 1 aliphatic rings. The van der Waals surface area contributed by atoms with Crippen molar-refractivity contribution in [3.63, 3.8) is 0 Å². The predicted octanol–water partition coefficient (Wildman–Crippen LogP) is 2.12. The zero-order chi connectivity index (χ0) is 11.5. The van der Waals surface area contributed by atoms with Gasteiger partial charge in [-0.05, 0) is 18.8 Å². The molecule has 0 bridgehead atoms. The summed E-state index contributed by atoms with van der Waals surface area (Å²) in [5.41, 5.74) is 0.0404. The van der Waals surface area contributed by atoms with Crippen molar-refractivity contribution >= 4 is 5.97 Å². The molecule has 16 heavy (non-hydrogen) atoms. The number of carboxylic acids is 1. The molecule has 0 radical (unpaired) electrons. The Hall–Kier alpha value is -1.39. The number of hydrogen-bond donors (Lipinski definition) is 1. The minimum absolute atomic E-state index is 0.0404.